The van der Waals surface area contributed by atoms with E-state index in [9.17, 15) is 9.59 Å². The monoisotopic (exact) mass is 497 g/mol. The van der Waals surface area contributed by atoms with Crippen molar-refractivity contribution in [1.82, 2.24) is 24.8 Å². The summed E-state index contributed by atoms with van der Waals surface area (Å²) < 4.78 is 1.58. The van der Waals surface area contributed by atoms with Crippen LogP contribution in [0.4, 0.5) is 22.1 Å². The summed E-state index contributed by atoms with van der Waals surface area (Å²) in [6.07, 6.45) is 8.92. The lowest BCUT2D eigenvalue weighted by molar-refractivity contribution is 0.244. The van der Waals surface area contributed by atoms with Crippen LogP contribution in [0.2, 0.25) is 0 Å². The molecule has 0 radical (unpaired) electrons. The molecule has 0 bridgehead atoms. The average molecular weight is 498 g/mol. The molecule has 1 aromatic carbocycles. The number of carbonyl (C=O) groups excluding carboxylic acids is 1. The van der Waals surface area contributed by atoms with Gasteiger partial charge in [0.1, 0.15) is 5.52 Å². The summed E-state index contributed by atoms with van der Waals surface area (Å²) in [6.45, 7) is 3.90. The Morgan fingerprint density at radius 3 is 2.51 bits per heavy atom. The SMILES string of the molecule is Cc1ccc(Nc2ncc3cc(-c4cc(NC(=O)NC5CCCCC5)ccc4C)n(C)c(=O)c3n2)cn1. The second-order valence-electron chi connectivity index (χ2n) is 9.67. The van der Waals surface area contributed by atoms with Crippen molar-refractivity contribution < 1.29 is 4.79 Å². The Morgan fingerprint density at radius 1 is 0.973 bits per heavy atom. The third kappa shape index (κ3) is 5.45. The summed E-state index contributed by atoms with van der Waals surface area (Å²) >= 11 is 0. The van der Waals surface area contributed by atoms with Crippen LogP contribution in [-0.4, -0.2) is 31.6 Å². The Morgan fingerprint density at radius 2 is 1.76 bits per heavy atom. The number of fused-ring (bicyclic) bond motifs is 1. The number of hydrogen-bond donors (Lipinski definition) is 3. The Bertz CT molecular complexity index is 1510. The van der Waals surface area contributed by atoms with Gasteiger partial charge in [-0.05, 0) is 62.6 Å². The van der Waals surface area contributed by atoms with Crippen LogP contribution in [0, 0.1) is 13.8 Å². The predicted molar refractivity (Wildman–Crippen MR) is 146 cm³/mol. The number of carbonyl (C=O) groups is 1. The highest BCUT2D eigenvalue weighted by atomic mass is 16.2. The van der Waals surface area contributed by atoms with Crippen LogP contribution in [0.1, 0.15) is 43.4 Å². The fourth-order valence-electron chi connectivity index (χ4n) is 4.75. The zero-order chi connectivity index (χ0) is 25.9. The first-order valence-electron chi connectivity index (χ1n) is 12.6. The molecule has 1 fully saturated rings. The largest absolute Gasteiger partial charge is 0.335 e. The van der Waals surface area contributed by atoms with Crippen molar-refractivity contribution in [3.63, 3.8) is 0 Å². The van der Waals surface area contributed by atoms with E-state index in [2.05, 4.69) is 30.9 Å². The average Bonchev–Trinajstić information content (AvgIpc) is 2.89. The maximum absolute atomic E-state index is 13.3. The summed E-state index contributed by atoms with van der Waals surface area (Å²) in [5.41, 5.74) is 4.97. The Labute approximate surface area is 215 Å². The van der Waals surface area contributed by atoms with Crippen molar-refractivity contribution in [2.75, 3.05) is 10.6 Å². The number of rotatable bonds is 5. The first-order valence-corrected chi connectivity index (χ1v) is 12.6. The maximum Gasteiger partial charge on any atom is 0.319 e. The van der Waals surface area contributed by atoms with Crippen molar-refractivity contribution in [2.24, 2.45) is 7.05 Å². The number of aryl methyl sites for hydroxylation is 2. The van der Waals surface area contributed by atoms with Crippen LogP contribution in [0.3, 0.4) is 0 Å². The van der Waals surface area contributed by atoms with Crippen molar-refractivity contribution in [1.29, 1.82) is 0 Å². The minimum Gasteiger partial charge on any atom is -0.335 e. The highest BCUT2D eigenvalue weighted by Gasteiger charge is 2.17. The predicted octanol–water partition coefficient (Wildman–Crippen LogP) is 5.21. The van der Waals surface area contributed by atoms with Crippen LogP contribution in [0.25, 0.3) is 22.2 Å². The van der Waals surface area contributed by atoms with Gasteiger partial charge in [-0.25, -0.2) is 14.8 Å². The van der Waals surface area contributed by atoms with Crippen molar-refractivity contribution in [3.8, 4) is 11.3 Å². The number of pyridine rings is 2. The van der Waals surface area contributed by atoms with Gasteiger partial charge in [-0.15, -0.1) is 0 Å². The number of urea groups is 1. The summed E-state index contributed by atoms with van der Waals surface area (Å²) in [4.78, 5) is 39.0. The van der Waals surface area contributed by atoms with Gasteiger partial charge in [-0.3, -0.25) is 9.78 Å². The molecule has 9 nitrogen and oxygen atoms in total. The van der Waals surface area contributed by atoms with E-state index >= 15 is 0 Å². The van der Waals surface area contributed by atoms with E-state index in [1.807, 2.05) is 50.2 Å². The Hall–Kier alpha value is -4.27. The van der Waals surface area contributed by atoms with Crippen LogP contribution >= 0.6 is 0 Å². The minimum absolute atomic E-state index is 0.202. The smallest absolute Gasteiger partial charge is 0.319 e. The van der Waals surface area contributed by atoms with Gasteiger partial charge in [-0.1, -0.05) is 25.3 Å². The number of nitrogens with zero attached hydrogens (tertiary/aromatic N) is 4. The van der Waals surface area contributed by atoms with Crippen LogP contribution in [0.15, 0.2) is 53.6 Å². The van der Waals surface area contributed by atoms with E-state index in [0.717, 1.165) is 53.9 Å². The van der Waals surface area contributed by atoms with Gasteiger partial charge < -0.3 is 20.5 Å². The summed E-state index contributed by atoms with van der Waals surface area (Å²) in [5.74, 6) is 0.328. The first-order chi connectivity index (χ1) is 17.9. The van der Waals surface area contributed by atoms with E-state index in [0.29, 0.717) is 22.5 Å². The summed E-state index contributed by atoms with van der Waals surface area (Å²) in [5, 5.41) is 9.77. The lowest BCUT2D eigenvalue weighted by Crippen LogP contribution is -2.39. The third-order valence-corrected chi connectivity index (χ3v) is 6.86. The molecule has 0 atom stereocenters. The molecule has 0 spiro atoms. The molecule has 2 amide bonds. The van der Waals surface area contributed by atoms with Gasteiger partial charge in [0.25, 0.3) is 5.56 Å². The van der Waals surface area contributed by atoms with Gasteiger partial charge in [-0.2, -0.15) is 0 Å². The number of nitrogens with one attached hydrogen (secondary N) is 3. The van der Waals surface area contributed by atoms with E-state index in [1.54, 1.807) is 24.0 Å². The fourth-order valence-corrected chi connectivity index (χ4v) is 4.75. The maximum atomic E-state index is 13.3. The fraction of sp³-hybridized carbons (Fsp3) is 0.321. The van der Waals surface area contributed by atoms with Crippen LogP contribution < -0.4 is 21.5 Å². The molecule has 1 aliphatic carbocycles. The standard InChI is InChI=1S/C28H31N7O2/c1-17-9-11-21(33-28(37)32-20-7-5-4-6-8-20)14-23(17)24-13-19-15-30-27(34-25(19)26(36)35(24)3)31-22-12-10-18(2)29-16-22/h9-16,20H,4-8H2,1-3H3,(H,30,31,34)(H2,32,33,37). The number of hydrogen-bond acceptors (Lipinski definition) is 6. The molecule has 37 heavy (non-hydrogen) atoms. The Kier molecular flexibility index (Phi) is 6.85. The highest BCUT2D eigenvalue weighted by Crippen LogP contribution is 2.28. The molecule has 1 aliphatic rings. The lowest BCUT2D eigenvalue weighted by atomic mass is 9.96. The molecule has 3 aromatic heterocycles. The number of aromatic nitrogens is 4. The van der Waals surface area contributed by atoms with E-state index in [4.69, 9.17) is 0 Å². The quantitative estimate of drug-likeness (QED) is 0.349. The van der Waals surface area contributed by atoms with Gasteiger partial charge in [0, 0.05) is 41.6 Å². The van der Waals surface area contributed by atoms with Gasteiger partial charge in [0.15, 0.2) is 0 Å². The third-order valence-electron chi connectivity index (χ3n) is 6.86. The molecular weight excluding hydrogens is 466 g/mol. The summed E-state index contributed by atoms with van der Waals surface area (Å²) in [7, 11) is 1.73. The number of amides is 2. The molecule has 4 aromatic rings. The van der Waals surface area contributed by atoms with Crippen molar-refractivity contribution in [2.45, 2.75) is 52.0 Å². The van der Waals surface area contributed by atoms with E-state index < -0.39 is 0 Å². The molecule has 0 aliphatic heterocycles. The highest BCUT2D eigenvalue weighted by molar-refractivity contribution is 5.91. The molecule has 3 N–H and O–H groups in total. The molecule has 1 saturated carbocycles. The molecule has 9 heteroatoms. The van der Waals surface area contributed by atoms with E-state index in [-0.39, 0.29) is 17.6 Å². The van der Waals surface area contributed by atoms with Crippen LogP contribution in [0.5, 0.6) is 0 Å². The molecular formula is C28H31N7O2. The van der Waals surface area contributed by atoms with Crippen LogP contribution in [-0.2, 0) is 7.05 Å². The normalized spacial score (nSPS) is 13.9. The van der Waals surface area contributed by atoms with Gasteiger partial charge >= 0.3 is 6.03 Å². The van der Waals surface area contributed by atoms with Gasteiger partial charge in [0.2, 0.25) is 5.95 Å². The molecule has 0 unspecified atom stereocenters. The molecule has 5 rings (SSSR count). The second kappa shape index (κ2) is 10.4. The zero-order valence-corrected chi connectivity index (χ0v) is 21.3. The minimum atomic E-state index is -0.229. The Balaban J connectivity index is 1.42. The molecule has 0 saturated heterocycles. The number of anilines is 3. The number of benzene rings is 1. The van der Waals surface area contributed by atoms with Crippen molar-refractivity contribution >= 4 is 34.3 Å². The first kappa shape index (κ1) is 24.4. The topological polar surface area (TPSA) is 114 Å². The molecule has 190 valence electrons. The van der Waals surface area contributed by atoms with E-state index in [1.165, 1.54) is 6.42 Å². The van der Waals surface area contributed by atoms with Crippen molar-refractivity contribution in [3.05, 3.63) is 70.4 Å². The lowest BCUT2D eigenvalue weighted by Gasteiger charge is -2.23. The second-order valence-corrected chi connectivity index (χ2v) is 9.67. The summed E-state index contributed by atoms with van der Waals surface area (Å²) in [6, 6.07) is 11.4. The van der Waals surface area contributed by atoms with Gasteiger partial charge in [0.05, 0.1) is 17.6 Å². The zero-order valence-electron chi connectivity index (χ0n) is 21.3. The molecule has 3 heterocycles.